The molecule has 0 spiro atoms. The molecule has 1 N–H and O–H groups in total. The fourth-order valence-electron chi connectivity index (χ4n) is 4.47. The van der Waals surface area contributed by atoms with E-state index in [9.17, 15) is 9.18 Å². The molecule has 1 unspecified atom stereocenters. The second-order valence-electron chi connectivity index (χ2n) is 10.0. The summed E-state index contributed by atoms with van der Waals surface area (Å²) in [7, 11) is 0. The van der Waals surface area contributed by atoms with Crippen LogP contribution in [0.5, 0.6) is 11.5 Å². The van der Waals surface area contributed by atoms with E-state index in [4.69, 9.17) is 25.8 Å². The number of anilines is 2. The van der Waals surface area contributed by atoms with Gasteiger partial charge in [-0.05, 0) is 63.8 Å². The highest BCUT2D eigenvalue weighted by Crippen LogP contribution is 2.39. The molecule has 2 aromatic carbocycles. The first kappa shape index (κ1) is 25.5. The summed E-state index contributed by atoms with van der Waals surface area (Å²) in [5, 5.41) is 3.92. The number of fused-ring (bicyclic) bond motifs is 1. The molecular formula is C27H30ClFN4O4. The summed E-state index contributed by atoms with van der Waals surface area (Å²) >= 11 is 5.97. The fraction of sp³-hybridized carbons (Fsp3) is 0.444. The number of carbonyl (C=O) groups excluding carboxylic acids is 1. The van der Waals surface area contributed by atoms with Crippen molar-refractivity contribution in [3.63, 3.8) is 0 Å². The summed E-state index contributed by atoms with van der Waals surface area (Å²) in [5.74, 6) is 0.883. The van der Waals surface area contributed by atoms with Crippen LogP contribution < -0.4 is 14.8 Å². The van der Waals surface area contributed by atoms with Gasteiger partial charge in [-0.1, -0.05) is 18.5 Å². The molecular weight excluding hydrogens is 499 g/mol. The Hall–Kier alpha value is -3.17. The minimum absolute atomic E-state index is 0.0111. The van der Waals surface area contributed by atoms with Gasteiger partial charge in [0.25, 0.3) is 0 Å². The average molecular weight is 529 g/mol. The Balaban J connectivity index is 1.53. The summed E-state index contributed by atoms with van der Waals surface area (Å²) < 4.78 is 31.8. The van der Waals surface area contributed by atoms with Gasteiger partial charge in [-0.2, -0.15) is 0 Å². The summed E-state index contributed by atoms with van der Waals surface area (Å²) in [6.45, 7) is 6.50. The van der Waals surface area contributed by atoms with Crippen LogP contribution in [0, 0.1) is 5.82 Å². The van der Waals surface area contributed by atoms with Crippen LogP contribution in [-0.2, 0) is 9.53 Å². The monoisotopic (exact) mass is 528 g/mol. The zero-order valence-corrected chi connectivity index (χ0v) is 21.8. The van der Waals surface area contributed by atoms with Crippen LogP contribution in [0.2, 0.25) is 5.02 Å². The molecule has 10 heteroatoms. The molecule has 196 valence electrons. The van der Waals surface area contributed by atoms with Gasteiger partial charge in [0.15, 0.2) is 17.7 Å². The SMILES string of the molecule is CCC(Oc1cc2c(Nc3ccc(F)c(Cl)c3)ncnc2cc1OC1CCC1)N1CC(=O)OCC1(C)C. The van der Waals surface area contributed by atoms with E-state index in [-0.39, 0.29) is 36.5 Å². The van der Waals surface area contributed by atoms with Crippen LogP contribution in [0.3, 0.4) is 0 Å². The number of ether oxygens (including phenoxy) is 3. The van der Waals surface area contributed by atoms with Gasteiger partial charge in [0, 0.05) is 17.1 Å². The molecule has 0 amide bonds. The smallest absolute Gasteiger partial charge is 0.320 e. The normalized spacial score (nSPS) is 18.7. The van der Waals surface area contributed by atoms with E-state index < -0.39 is 11.4 Å². The van der Waals surface area contributed by atoms with Gasteiger partial charge in [-0.3, -0.25) is 4.79 Å². The first-order valence-electron chi connectivity index (χ1n) is 12.5. The van der Waals surface area contributed by atoms with E-state index in [1.807, 2.05) is 37.8 Å². The molecule has 3 aromatic rings. The second-order valence-corrected chi connectivity index (χ2v) is 10.5. The van der Waals surface area contributed by atoms with Crippen molar-refractivity contribution in [3.8, 4) is 11.5 Å². The Labute approximate surface area is 220 Å². The number of hydrogen-bond donors (Lipinski definition) is 1. The number of nitrogens with one attached hydrogen (secondary N) is 1. The van der Waals surface area contributed by atoms with E-state index in [0.29, 0.717) is 40.3 Å². The van der Waals surface area contributed by atoms with Gasteiger partial charge in [-0.15, -0.1) is 0 Å². The maximum Gasteiger partial charge on any atom is 0.320 e. The zero-order chi connectivity index (χ0) is 26.2. The molecule has 2 fully saturated rings. The van der Waals surface area contributed by atoms with Crippen LogP contribution in [0.15, 0.2) is 36.7 Å². The molecule has 1 atom stereocenters. The van der Waals surface area contributed by atoms with Crippen molar-refractivity contribution in [1.29, 1.82) is 0 Å². The van der Waals surface area contributed by atoms with Gasteiger partial charge in [0.05, 0.1) is 22.2 Å². The number of nitrogens with zero attached hydrogens (tertiary/aromatic N) is 3. The summed E-state index contributed by atoms with van der Waals surface area (Å²) in [6, 6.07) is 8.10. The lowest BCUT2D eigenvalue weighted by Gasteiger charge is -2.45. The predicted octanol–water partition coefficient (Wildman–Crippen LogP) is 5.85. The highest BCUT2D eigenvalue weighted by atomic mass is 35.5. The minimum Gasteiger partial charge on any atom is -0.486 e. The average Bonchev–Trinajstić information content (AvgIpc) is 2.84. The number of cyclic esters (lactones) is 1. The van der Waals surface area contributed by atoms with E-state index in [0.717, 1.165) is 19.3 Å². The first-order valence-corrected chi connectivity index (χ1v) is 12.9. The maximum absolute atomic E-state index is 13.7. The lowest BCUT2D eigenvalue weighted by atomic mass is 9.96. The Morgan fingerprint density at radius 3 is 2.76 bits per heavy atom. The molecule has 1 saturated heterocycles. The van der Waals surface area contributed by atoms with Crippen molar-refractivity contribution in [2.24, 2.45) is 0 Å². The molecule has 1 aromatic heterocycles. The van der Waals surface area contributed by atoms with Gasteiger partial charge in [0.1, 0.15) is 31.1 Å². The number of esters is 1. The summed E-state index contributed by atoms with van der Waals surface area (Å²) in [4.78, 5) is 23.0. The van der Waals surface area contributed by atoms with Gasteiger partial charge < -0.3 is 19.5 Å². The van der Waals surface area contributed by atoms with E-state index in [2.05, 4.69) is 15.3 Å². The standard InChI is InChI=1S/C27H30ClFN4O4/c1-4-24(33-13-25(34)35-14-27(33,2)3)37-22-11-18-21(12-23(22)36-17-6-5-7-17)30-15-31-26(18)32-16-8-9-20(29)19(28)10-16/h8-12,15,17,24H,4-7,13-14H2,1-3H3,(H,30,31,32). The van der Waals surface area contributed by atoms with Gasteiger partial charge >= 0.3 is 5.97 Å². The number of carbonyl (C=O) groups is 1. The second kappa shape index (κ2) is 10.3. The molecule has 2 heterocycles. The summed E-state index contributed by atoms with van der Waals surface area (Å²) in [5.41, 5.74) is 0.865. The lowest BCUT2D eigenvalue weighted by molar-refractivity contribution is -0.171. The molecule has 1 aliphatic heterocycles. The van der Waals surface area contributed by atoms with Crippen molar-refractivity contribution in [2.75, 3.05) is 18.5 Å². The number of benzene rings is 2. The van der Waals surface area contributed by atoms with Crippen LogP contribution in [0.1, 0.15) is 46.5 Å². The Kier molecular flexibility index (Phi) is 7.09. The van der Waals surface area contributed by atoms with E-state index >= 15 is 0 Å². The molecule has 8 nitrogen and oxygen atoms in total. The molecule has 0 radical (unpaired) electrons. The zero-order valence-electron chi connectivity index (χ0n) is 21.1. The van der Waals surface area contributed by atoms with Crippen molar-refractivity contribution in [1.82, 2.24) is 14.9 Å². The molecule has 2 aliphatic rings. The maximum atomic E-state index is 13.7. The summed E-state index contributed by atoms with van der Waals surface area (Å²) in [6.07, 6.45) is 4.95. The topological polar surface area (TPSA) is 85.8 Å². The molecule has 37 heavy (non-hydrogen) atoms. The van der Waals surface area contributed by atoms with Crippen LogP contribution in [-0.4, -0.2) is 51.9 Å². The van der Waals surface area contributed by atoms with Crippen molar-refractivity contribution in [3.05, 3.63) is 47.5 Å². The quantitative estimate of drug-likeness (QED) is 0.364. The largest absolute Gasteiger partial charge is 0.486 e. The highest BCUT2D eigenvalue weighted by molar-refractivity contribution is 6.31. The third kappa shape index (κ3) is 5.43. The van der Waals surface area contributed by atoms with Crippen LogP contribution in [0.4, 0.5) is 15.9 Å². The van der Waals surface area contributed by atoms with Gasteiger partial charge in [0.2, 0.25) is 0 Å². The van der Waals surface area contributed by atoms with Crippen LogP contribution in [0.25, 0.3) is 10.9 Å². The van der Waals surface area contributed by atoms with Crippen molar-refractivity contribution in [2.45, 2.75) is 64.3 Å². The molecule has 1 saturated carbocycles. The number of halogens is 2. The Bertz CT molecular complexity index is 1320. The Morgan fingerprint density at radius 2 is 2.05 bits per heavy atom. The third-order valence-corrected chi connectivity index (χ3v) is 7.14. The van der Waals surface area contributed by atoms with E-state index in [1.165, 1.54) is 18.5 Å². The lowest BCUT2D eigenvalue weighted by Crippen LogP contribution is -2.60. The van der Waals surface area contributed by atoms with Gasteiger partial charge in [-0.25, -0.2) is 19.3 Å². The predicted molar refractivity (Wildman–Crippen MR) is 139 cm³/mol. The molecule has 0 bridgehead atoms. The first-order chi connectivity index (χ1) is 17.7. The van der Waals surface area contributed by atoms with Crippen molar-refractivity contribution >= 4 is 40.0 Å². The Morgan fingerprint density at radius 1 is 1.24 bits per heavy atom. The van der Waals surface area contributed by atoms with Crippen LogP contribution >= 0.6 is 11.6 Å². The number of hydrogen-bond acceptors (Lipinski definition) is 8. The van der Waals surface area contributed by atoms with E-state index in [1.54, 1.807) is 6.07 Å². The third-order valence-electron chi connectivity index (χ3n) is 6.85. The fourth-order valence-corrected chi connectivity index (χ4v) is 4.65. The minimum atomic E-state index is -0.497. The molecule has 5 rings (SSSR count). The number of rotatable bonds is 8. The number of aromatic nitrogens is 2. The number of morpholine rings is 1. The van der Waals surface area contributed by atoms with Crippen molar-refractivity contribution < 1.29 is 23.4 Å². The molecule has 1 aliphatic carbocycles. The highest BCUT2D eigenvalue weighted by Gasteiger charge is 2.40.